The molecule has 4 rings (SSSR count). The van der Waals surface area contributed by atoms with Gasteiger partial charge in [0.2, 0.25) is 0 Å². The summed E-state index contributed by atoms with van der Waals surface area (Å²) in [5, 5.41) is 8.57. The van der Waals surface area contributed by atoms with Crippen LogP contribution in [-0.2, 0) is 13.5 Å². The number of amides is 1. The van der Waals surface area contributed by atoms with E-state index in [9.17, 15) is 18.8 Å². The first-order valence-electron chi connectivity index (χ1n) is 9.12. The van der Waals surface area contributed by atoms with Gasteiger partial charge in [-0.05, 0) is 55.3 Å². The molecule has 8 heteroatoms. The third-order valence-corrected chi connectivity index (χ3v) is 5.00. The second-order valence-corrected chi connectivity index (χ2v) is 7.17. The minimum atomic E-state index is -0.472. The van der Waals surface area contributed by atoms with Gasteiger partial charge in [-0.1, -0.05) is 0 Å². The highest BCUT2D eigenvalue weighted by molar-refractivity contribution is 5.98. The number of nitrogens with one attached hydrogen (secondary N) is 3. The Morgan fingerprint density at radius 1 is 1.07 bits per heavy atom. The maximum atomic E-state index is 13.7. The average molecular weight is 394 g/mol. The van der Waals surface area contributed by atoms with Crippen LogP contribution in [0.15, 0.2) is 52.2 Å². The lowest BCUT2D eigenvalue weighted by Gasteiger charge is -2.14. The Bertz CT molecular complexity index is 1370. The van der Waals surface area contributed by atoms with Crippen molar-refractivity contribution in [1.82, 2.24) is 20.1 Å². The molecule has 0 fully saturated rings. The summed E-state index contributed by atoms with van der Waals surface area (Å²) in [6.07, 6.45) is 2.44. The molecule has 29 heavy (non-hydrogen) atoms. The standard InChI is InChI=1S/C21H19FN4O3/c1-11(7-13-10-26(2)18-6-4-14(22)9-16(13)18)23-19(27)12-3-5-15-17(8-12)21(29)25-24-20(15)28/h3-6,8-11H,7H2,1-2H3,(H,23,27)(H,24,28)(H,25,29). The van der Waals surface area contributed by atoms with E-state index in [1.54, 1.807) is 6.07 Å². The van der Waals surface area contributed by atoms with Gasteiger partial charge >= 0.3 is 0 Å². The number of H-pyrrole nitrogens is 2. The number of hydrogen-bond donors (Lipinski definition) is 3. The van der Waals surface area contributed by atoms with Crippen LogP contribution in [0.5, 0.6) is 0 Å². The van der Waals surface area contributed by atoms with E-state index in [0.717, 1.165) is 16.5 Å². The summed E-state index contributed by atoms with van der Waals surface area (Å²) in [4.78, 5) is 36.3. The van der Waals surface area contributed by atoms with Crippen molar-refractivity contribution in [1.29, 1.82) is 0 Å². The molecule has 2 heterocycles. The maximum absolute atomic E-state index is 13.7. The van der Waals surface area contributed by atoms with E-state index >= 15 is 0 Å². The quantitative estimate of drug-likeness (QED) is 0.495. The first-order chi connectivity index (χ1) is 13.8. The molecule has 0 bridgehead atoms. The fourth-order valence-electron chi connectivity index (χ4n) is 3.62. The molecule has 2 aromatic carbocycles. The molecule has 4 aromatic rings. The summed E-state index contributed by atoms with van der Waals surface area (Å²) in [7, 11) is 1.89. The van der Waals surface area contributed by atoms with Crippen LogP contribution in [0.25, 0.3) is 21.7 Å². The largest absolute Gasteiger partial charge is 0.350 e. The molecule has 0 aliphatic carbocycles. The number of rotatable bonds is 4. The molecule has 2 aromatic heterocycles. The zero-order chi connectivity index (χ0) is 20.7. The molecule has 0 aliphatic rings. The Morgan fingerprint density at radius 3 is 2.55 bits per heavy atom. The van der Waals surface area contributed by atoms with Gasteiger partial charge in [0, 0.05) is 35.8 Å². The minimum Gasteiger partial charge on any atom is -0.350 e. The SMILES string of the molecule is CC(Cc1cn(C)c2ccc(F)cc12)NC(=O)c1ccc2c(=O)[nH][nH]c(=O)c2c1. The molecule has 1 atom stereocenters. The van der Waals surface area contributed by atoms with Crippen molar-refractivity contribution in [3.8, 4) is 0 Å². The lowest BCUT2D eigenvalue weighted by molar-refractivity contribution is 0.0940. The Kier molecular flexibility index (Phi) is 4.54. The van der Waals surface area contributed by atoms with Gasteiger partial charge in [-0.15, -0.1) is 0 Å². The van der Waals surface area contributed by atoms with Crippen molar-refractivity contribution in [2.45, 2.75) is 19.4 Å². The van der Waals surface area contributed by atoms with Crippen LogP contribution < -0.4 is 16.4 Å². The van der Waals surface area contributed by atoms with E-state index in [1.807, 2.05) is 24.7 Å². The minimum absolute atomic E-state index is 0.151. The van der Waals surface area contributed by atoms with Crippen molar-refractivity contribution in [3.05, 3.63) is 80.2 Å². The van der Waals surface area contributed by atoms with Gasteiger partial charge in [-0.3, -0.25) is 24.6 Å². The number of carbonyl (C=O) groups excluding carboxylic acids is 1. The van der Waals surface area contributed by atoms with Crippen molar-refractivity contribution < 1.29 is 9.18 Å². The second kappa shape index (κ2) is 7.05. The molecular weight excluding hydrogens is 375 g/mol. The third-order valence-electron chi connectivity index (χ3n) is 5.00. The first-order valence-corrected chi connectivity index (χ1v) is 9.12. The molecule has 0 spiro atoms. The highest BCUT2D eigenvalue weighted by Crippen LogP contribution is 2.23. The fraction of sp³-hybridized carbons (Fsp3) is 0.190. The summed E-state index contributed by atoms with van der Waals surface area (Å²) in [6, 6.07) is 8.77. The van der Waals surface area contributed by atoms with Crippen LogP contribution in [-0.4, -0.2) is 26.7 Å². The average Bonchev–Trinajstić information content (AvgIpc) is 2.99. The highest BCUT2D eigenvalue weighted by atomic mass is 19.1. The Morgan fingerprint density at radius 2 is 1.79 bits per heavy atom. The molecule has 0 saturated carbocycles. The molecule has 3 N–H and O–H groups in total. The lowest BCUT2D eigenvalue weighted by Crippen LogP contribution is -2.34. The van der Waals surface area contributed by atoms with Crippen LogP contribution in [0.3, 0.4) is 0 Å². The van der Waals surface area contributed by atoms with Crippen molar-refractivity contribution in [2.75, 3.05) is 0 Å². The van der Waals surface area contributed by atoms with Crippen LogP contribution >= 0.6 is 0 Å². The lowest BCUT2D eigenvalue weighted by atomic mass is 10.0. The number of benzene rings is 2. The van der Waals surface area contributed by atoms with Gasteiger partial charge in [0.15, 0.2) is 0 Å². The van der Waals surface area contributed by atoms with Crippen molar-refractivity contribution >= 4 is 27.6 Å². The van der Waals surface area contributed by atoms with Gasteiger partial charge in [0.1, 0.15) is 5.82 Å². The van der Waals surface area contributed by atoms with Crippen molar-refractivity contribution in [3.63, 3.8) is 0 Å². The summed E-state index contributed by atoms with van der Waals surface area (Å²) >= 11 is 0. The maximum Gasteiger partial charge on any atom is 0.270 e. The van der Waals surface area contributed by atoms with Crippen LogP contribution in [0, 0.1) is 5.82 Å². The number of halogens is 1. The Hall–Kier alpha value is -3.68. The van der Waals surface area contributed by atoms with E-state index in [2.05, 4.69) is 15.5 Å². The van der Waals surface area contributed by atoms with Gasteiger partial charge in [-0.2, -0.15) is 0 Å². The topological polar surface area (TPSA) is 99.8 Å². The Labute approximate surface area is 164 Å². The molecule has 0 radical (unpaired) electrons. The third kappa shape index (κ3) is 3.44. The zero-order valence-corrected chi connectivity index (χ0v) is 15.9. The van der Waals surface area contributed by atoms with Crippen LogP contribution in [0.1, 0.15) is 22.8 Å². The van der Waals surface area contributed by atoms with E-state index in [0.29, 0.717) is 6.42 Å². The molecular formula is C21H19FN4O3. The first kappa shape index (κ1) is 18.7. The fourth-order valence-corrected chi connectivity index (χ4v) is 3.62. The number of fused-ring (bicyclic) bond motifs is 2. The highest BCUT2D eigenvalue weighted by Gasteiger charge is 2.15. The normalized spacial score (nSPS) is 12.4. The molecule has 148 valence electrons. The van der Waals surface area contributed by atoms with Gasteiger partial charge in [0.25, 0.3) is 17.0 Å². The molecule has 7 nitrogen and oxygen atoms in total. The number of aryl methyl sites for hydroxylation is 1. The number of nitrogens with zero attached hydrogens (tertiary/aromatic N) is 1. The van der Waals surface area contributed by atoms with Gasteiger partial charge < -0.3 is 9.88 Å². The number of carbonyl (C=O) groups is 1. The molecule has 0 saturated heterocycles. The van der Waals surface area contributed by atoms with Gasteiger partial charge in [0.05, 0.1) is 10.8 Å². The predicted molar refractivity (Wildman–Crippen MR) is 109 cm³/mol. The van der Waals surface area contributed by atoms with E-state index in [1.165, 1.54) is 30.3 Å². The predicted octanol–water partition coefficient (Wildman–Crippen LogP) is 2.21. The molecule has 1 unspecified atom stereocenters. The van der Waals surface area contributed by atoms with E-state index in [-0.39, 0.29) is 34.1 Å². The monoisotopic (exact) mass is 394 g/mol. The number of aromatic nitrogens is 3. The van der Waals surface area contributed by atoms with Gasteiger partial charge in [-0.25, -0.2) is 4.39 Å². The van der Waals surface area contributed by atoms with Crippen LogP contribution in [0.2, 0.25) is 0 Å². The smallest absolute Gasteiger partial charge is 0.270 e. The van der Waals surface area contributed by atoms with E-state index < -0.39 is 11.1 Å². The second-order valence-electron chi connectivity index (χ2n) is 7.17. The molecule has 0 aliphatic heterocycles. The Balaban J connectivity index is 1.57. The summed E-state index contributed by atoms with van der Waals surface area (Å²) < 4.78 is 15.6. The number of hydrogen-bond acceptors (Lipinski definition) is 3. The van der Waals surface area contributed by atoms with Crippen LogP contribution in [0.4, 0.5) is 4.39 Å². The van der Waals surface area contributed by atoms with Crippen molar-refractivity contribution in [2.24, 2.45) is 7.05 Å². The number of aromatic amines is 2. The van der Waals surface area contributed by atoms with E-state index in [4.69, 9.17) is 0 Å². The summed E-state index contributed by atoms with van der Waals surface area (Å²) in [5.41, 5.74) is 1.22. The summed E-state index contributed by atoms with van der Waals surface area (Å²) in [5.74, 6) is -0.663. The zero-order valence-electron chi connectivity index (χ0n) is 15.9. The molecule has 1 amide bonds. The summed E-state index contributed by atoms with van der Waals surface area (Å²) in [6.45, 7) is 1.86.